The Labute approximate surface area is 180 Å². The fraction of sp³-hybridized carbons (Fsp3) is 0. The lowest BCUT2D eigenvalue weighted by Gasteiger charge is -2.00. The van der Waals surface area contributed by atoms with Crippen molar-refractivity contribution in [3.63, 3.8) is 0 Å². The number of nitrogens with zero attached hydrogens (tertiary/aromatic N) is 1. The molecule has 27 heavy (non-hydrogen) atoms. The number of hydrogen-bond acceptors (Lipinski definition) is 8. The molecule has 2 aliphatic heterocycles. The molecule has 2 aliphatic rings. The average Bonchev–Trinajstić information content (AvgIpc) is 3.45. The monoisotopic (exact) mass is 463 g/mol. The number of nitriles is 1. The standard InChI is InChI=1S/C18H9NO2S6/c19-8-10(16(20)21)7-11-1-2-12(25-11)13-3-4-14(26-13)15-9-24-18(27-15)17-22-5-6-23-17/h1-7,9H,(H,20,21)/b10-7+. The maximum atomic E-state index is 11.0. The summed E-state index contributed by atoms with van der Waals surface area (Å²) < 4.78 is 2.68. The highest BCUT2D eigenvalue weighted by molar-refractivity contribution is 8.35. The van der Waals surface area contributed by atoms with Gasteiger partial charge in [-0.3, -0.25) is 0 Å². The molecule has 2 aromatic heterocycles. The summed E-state index contributed by atoms with van der Waals surface area (Å²) in [5, 5.41) is 24.3. The Morgan fingerprint density at radius 3 is 2.41 bits per heavy atom. The largest absolute Gasteiger partial charge is 0.477 e. The summed E-state index contributed by atoms with van der Waals surface area (Å²) in [5.41, 5.74) is -0.252. The van der Waals surface area contributed by atoms with Crippen molar-refractivity contribution in [2.75, 3.05) is 0 Å². The van der Waals surface area contributed by atoms with Gasteiger partial charge >= 0.3 is 5.97 Å². The summed E-state index contributed by atoms with van der Waals surface area (Å²) >= 11 is 10.4. The maximum absolute atomic E-state index is 11.0. The van der Waals surface area contributed by atoms with Gasteiger partial charge in [0.2, 0.25) is 0 Å². The van der Waals surface area contributed by atoms with E-state index in [0.29, 0.717) is 0 Å². The molecule has 4 rings (SSSR count). The molecule has 0 unspecified atom stereocenters. The Morgan fingerprint density at radius 1 is 0.963 bits per heavy atom. The lowest BCUT2D eigenvalue weighted by Crippen LogP contribution is -1.96. The third kappa shape index (κ3) is 4.26. The van der Waals surface area contributed by atoms with Crippen molar-refractivity contribution in [2.24, 2.45) is 0 Å². The Bertz CT molecular complexity index is 1070. The van der Waals surface area contributed by atoms with Gasteiger partial charge in [-0.25, -0.2) is 4.79 Å². The van der Waals surface area contributed by atoms with Crippen molar-refractivity contribution in [2.45, 2.75) is 0 Å². The van der Waals surface area contributed by atoms with Crippen molar-refractivity contribution in [3.05, 3.63) is 64.3 Å². The van der Waals surface area contributed by atoms with E-state index in [9.17, 15) is 4.79 Å². The first-order valence-electron chi connectivity index (χ1n) is 7.47. The summed E-state index contributed by atoms with van der Waals surface area (Å²) in [4.78, 5) is 16.4. The summed E-state index contributed by atoms with van der Waals surface area (Å²) in [5.74, 6) is -1.20. The van der Waals surface area contributed by atoms with Gasteiger partial charge in [0.25, 0.3) is 0 Å². The number of carboxylic acids is 1. The molecule has 134 valence electrons. The first-order valence-corrected chi connectivity index (χ1v) is 12.6. The average molecular weight is 464 g/mol. The second-order valence-corrected chi connectivity index (χ2v) is 11.6. The van der Waals surface area contributed by atoms with Gasteiger partial charge in [-0.1, -0.05) is 47.0 Å². The Kier molecular flexibility index (Phi) is 5.92. The van der Waals surface area contributed by atoms with Crippen LogP contribution in [0.2, 0.25) is 0 Å². The minimum Gasteiger partial charge on any atom is -0.477 e. The second kappa shape index (κ2) is 8.39. The number of thioether (sulfide) groups is 4. The first-order chi connectivity index (χ1) is 13.1. The lowest BCUT2D eigenvalue weighted by atomic mass is 10.2. The van der Waals surface area contributed by atoms with Crippen LogP contribution in [-0.4, -0.2) is 11.1 Å². The molecular formula is C18H9NO2S6. The van der Waals surface area contributed by atoms with Crippen molar-refractivity contribution in [1.82, 2.24) is 0 Å². The summed E-state index contributed by atoms with van der Waals surface area (Å²) in [7, 11) is 0. The Hall–Kier alpha value is -1.28. The molecule has 0 radical (unpaired) electrons. The van der Waals surface area contributed by atoms with E-state index in [2.05, 4.69) is 28.4 Å². The molecule has 1 N–H and O–H groups in total. The molecule has 0 bridgehead atoms. The van der Waals surface area contributed by atoms with E-state index in [4.69, 9.17) is 10.4 Å². The molecule has 9 heteroatoms. The van der Waals surface area contributed by atoms with Gasteiger partial charge in [-0.2, -0.15) is 5.26 Å². The third-order valence-electron chi connectivity index (χ3n) is 3.40. The first kappa shape index (κ1) is 19.1. The van der Waals surface area contributed by atoms with Crippen LogP contribution in [0.1, 0.15) is 9.75 Å². The van der Waals surface area contributed by atoms with Gasteiger partial charge in [0.05, 0.1) is 8.47 Å². The van der Waals surface area contributed by atoms with E-state index >= 15 is 0 Å². The highest BCUT2D eigenvalue weighted by Crippen LogP contribution is 2.56. The number of aliphatic carboxylic acids is 1. The summed E-state index contributed by atoms with van der Waals surface area (Å²) in [6.45, 7) is 0. The van der Waals surface area contributed by atoms with Crippen LogP contribution in [0.25, 0.3) is 20.7 Å². The lowest BCUT2D eigenvalue weighted by molar-refractivity contribution is -0.132. The zero-order valence-electron chi connectivity index (χ0n) is 13.4. The molecular weight excluding hydrogens is 455 g/mol. The van der Waals surface area contributed by atoms with Gasteiger partial charge < -0.3 is 5.11 Å². The van der Waals surface area contributed by atoms with Crippen LogP contribution in [0.15, 0.2) is 54.5 Å². The topological polar surface area (TPSA) is 61.1 Å². The minimum atomic E-state index is -1.20. The predicted molar refractivity (Wildman–Crippen MR) is 123 cm³/mol. The van der Waals surface area contributed by atoms with E-state index in [1.54, 1.807) is 52.7 Å². The highest BCUT2D eigenvalue weighted by Gasteiger charge is 2.21. The second-order valence-electron chi connectivity index (χ2n) is 5.13. The van der Waals surface area contributed by atoms with Crippen LogP contribution >= 0.6 is 69.7 Å². The van der Waals surface area contributed by atoms with Crippen LogP contribution in [0.4, 0.5) is 0 Å². The predicted octanol–water partition coefficient (Wildman–Crippen LogP) is 7.32. The van der Waals surface area contributed by atoms with Gasteiger partial charge in [-0.05, 0) is 46.6 Å². The molecule has 0 spiro atoms. The van der Waals surface area contributed by atoms with Crippen LogP contribution in [0, 0.1) is 11.3 Å². The van der Waals surface area contributed by atoms with Crippen molar-refractivity contribution < 1.29 is 9.90 Å². The number of thiophene rings is 2. The SMILES string of the molecule is N#C/C(=C\c1ccc(-c2ccc(C3=CSC(=C4SC=CS4)S3)s2)s1)C(=O)O. The van der Waals surface area contributed by atoms with Crippen LogP contribution in [0.3, 0.4) is 0 Å². The molecule has 0 aliphatic carbocycles. The van der Waals surface area contributed by atoms with Gasteiger partial charge in [0.1, 0.15) is 11.6 Å². The third-order valence-corrected chi connectivity index (χ3v) is 10.9. The molecule has 0 fully saturated rings. The number of rotatable bonds is 4. The van der Waals surface area contributed by atoms with E-state index in [-0.39, 0.29) is 5.57 Å². The van der Waals surface area contributed by atoms with Gasteiger partial charge in [-0.15, -0.1) is 22.7 Å². The highest BCUT2D eigenvalue weighted by atomic mass is 32.2. The van der Waals surface area contributed by atoms with Crippen molar-refractivity contribution in [3.8, 4) is 15.8 Å². The zero-order chi connectivity index (χ0) is 18.8. The fourth-order valence-electron chi connectivity index (χ4n) is 2.21. The van der Waals surface area contributed by atoms with E-state index in [0.717, 1.165) is 14.6 Å². The molecule has 3 nitrogen and oxygen atoms in total. The van der Waals surface area contributed by atoms with Crippen LogP contribution < -0.4 is 0 Å². The quantitative estimate of drug-likeness (QED) is 0.376. The van der Waals surface area contributed by atoms with E-state index in [1.165, 1.54) is 35.7 Å². The normalized spacial score (nSPS) is 16.7. The molecule has 4 heterocycles. The van der Waals surface area contributed by atoms with Crippen molar-refractivity contribution >= 4 is 86.7 Å². The summed E-state index contributed by atoms with van der Waals surface area (Å²) in [6, 6.07) is 9.76. The molecule has 0 saturated carbocycles. The summed E-state index contributed by atoms with van der Waals surface area (Å²) in [6.07, 6.45) is 1.42. The number of hydrogen-bond donors (Lipinski definition) is 1. The molecule has 0 amide bonds. The number of carbonyl (C=O) groups is 1. The van der Waals surface area contributed by atoms with Gasteiger partial charge in [0, 0.05) is 24.4 Å². The van der Waals surface area contributed by atoms with Crippen molar-refractivity contribution in [1.29, 1.82) is 5.26 Å². The molecule has 0 aromatic carbocycles. The fourth-order valence-corrected chi connectivity index (χ4v) is 8.88. The number of carboxylic acid groups (broad SMARTS) is 1. The van der Waals surface area contributed by atoms with Gasteiger partial charge in [0.15, 0.2) is 0 Å². The molecule has 0 saturated heterocycles. The van der Waals surface area contributed by atoms with E-state index < -0.39 is 5.97 Å². The van der Waals surface area contributed by atoms with Crippen LogP contribution in [0.5, 0.6) is 0 Å². The van der Waals surface area contributed by atoms with E-state index in [1.807, 2.05) is 23.9 Å². The maximum Gasteiger partial charge on any atom is 0.346 e. The molecule has 0 atom stereocenters. The Balaban J connectivity index is 1.52. The minimum absolute atomic E-state index is 0.252. The zero-order valence-corrected chi connectivity index (χ0v) is 18.3. The Morgan fingerprint density at radius 2 is 1.67 bits per heavy atom. The molecule has 2 aromatic rings. The smallest absolute Gasteiger partial charge is 0.346 e. The van der Waals surface area contributed by atoms with Crippen LogP contribution in [-0.2, 0) is 4.79 Å².